The number of rotatable bonds is 6. The minimum absolute atomic E-state index is 0.217. The maximum Gasteiger partial charge on any atom is 0.412 e. The molecule has 2 amide bonds. The van der Waals surface area contributed by atoms with Crippen molar-refractivity contribution in [2.24, 2.45) is 0 Å². The van der Waals surface area contributed by atoms with Gasteiger partial charge in [-0.1, -0.05) is 0 Å². The quantitative estimate of drug-likeness (QED) is 0.753. The second-order valence-electron chi connectivity index (χ2n) is 6.64. The number of carbonyl (C=O) groups is 3. The molecule has 27 heavy (non-hydrogen) atoms. The summed E-state index contributed by atoms with van der Waals surface area (Å²) in [6.07, 6.45) is 0.911. The second kappa shape index (κ2) is 8.88. The van der Waals surface area contributed by atoms with E-state index in [-0.39, 0.29) is 12.1 Å². The smallest absolute Gasteiger partial charge is 0.412 e. The number of amides is 2. The highest BCUT2D eigenvalue weighted by Gasteiger charge is 2.16. The monoisotopic (exact) mass is 374 g/mol. The van der Waals surface area contributed by atoms with Crippen molar-refractivity contribution in [1.29, 1.82) is 0 Å². The maximum absolute atomic E-state index is 12.0. The summed E-state index contributed by atoms with van der Waals surface area (Å²) in [6.45, 7) is 5.09. The van der Waals surface area contributed by atoms with Gasteiger partial charge >= 0.3 is 12.1 Å². The van der Waals surface area contributed by atoms with Gasteiger partial charge in [-0.25, -0.2) is 9.59 Å². The van der Waals surface area contributed by atoms with Crippen LogP contribution in [0, 0.1) is 0 Å². The Kier molecular flexibility index (Phi) is 6.59. The molecule has 2 rings (SSSR count). The number of nitrogens with one attached hydrogen (secondary N) is 2. The van der Waals surface area contributed by atoms with E-state index in [0.29, 0.717) is 11.4 Å². The molecule has 1 heterocycles. The third kappa shape index (κ3) is 7.23. The fourth-order valence-electron chi connectivity index (χ4n) is 1.98. The number of carbonyl (C=O) groups excluding carboxylic acids is 3. The lowest BCUT2D eigenvalue weighted by Gasteiger charge is -2.19. The van der Waals surface area contributed by atoms with Gasteiger partial charge in [0.05, 0.1) is 18.4 Å². The summed E-state index contributed by atoms with van der Waals surface area (Å²) >= 11 is 0. The van der Waals surface area contributed by atoms with Gasteiger partial charge in [-0.15, -0.1) is 0 Å². The number of anilines is 1. The SMILES string of the molecule is CC(C)(C)OC(=O)Nc1ccc(C(=O)OCC(=O)NCc2ccco2)cc1. The molecule has 0 aliphatic heterocycles. The molecule has 0 bridgehead atoms. The van der Waals surface area contributed by atoms with Crippen LogP contribution >= 0.6 is 0 Å². The molecule has 0 atom stereocenters. The molecular formula is C19H22N2O6. The first-order valence-electron chi connectivity index (χ1n) is 8.29. The van der Waals surface area contributed by atoms with Gasteiger partial charge in [-0.05, 0) is 57.2 Å². The molecule has 0 fully saturated rings. The fraction of sp³-hybridized carbons (Fsp3) is 0.316. The van der Waals surface area contributed by atoms with Crippen LogP contribution in [-0.4, -0.2) is 30.2 Å². The van der Waals surface area contributed by atoms with Gasteiger partial charge < -0.3 is 19.2 Å². The van der Waals surface area contributed by atoms with Crippen molar-refractivity contribution >= 4 is 23.7 Å². The van der Waals surface area contributed by atoms with Crippen LogP contribution in [0.2, 0.25) is 0 Å². The Morgan fingerprint density at radius 3 is 2.37 bits per heavy atom. The Balaban J connectivity index is 1.77. The van der Waals surface area contributed by atoms with Crippen LogP contribution in [0.3, 0.4) is 0 Å². The molecule has 2 aromatic rings. The molecule has 8 nitrogen and oxygen atoms in total. The molecule has 1 aromatic heterocycles. The van der Waals surface area contributed by atoms with Crippen molar-refractivity contribution < 1.29 is 28.3 Å². The van der Waals surface area contributed by atoms with Gasteiger partial charge in [0.25, 0.3) is 5.91 Å². The van der Waals surface area contributed by atoms with E-state index in [1.165, 1.54) is 30.5 Å². The first kappa shape index (κ1) is 20.0. The molecule has 8 heteroatoms. The summed E-state index contributed by atoms with van der Waals surface area (Å²) in [5, 5.41) is 5.13. The summed E-state index contributed by atoms with van der Waals surface area (Å²) in [6, 6.07) is 9.47. The van der Waals surface area contributed by atoms with Crippen LogP contribution in [0.25, 0.3) is 0 Å². The lowest BCUT2D eigenvalue weighted by Crippen LogP contribution is -2.28. The van der Waals surface area contributed by atoms with Crippen molar-refractivity contribution in [3.05, 3.63) is 54.0 Å². The van der Waals surface area contributed by atoms with E-state index >= 15 is 0 Å². The highest BCUT2D eigenvalue weighted by molar-refractivity contribution is 5.92. The Labute approximate surface area is 156 Å². The van der Waals surface area contributed by atoms with E-state index in [2.05, 4.69) is 10.6 Å². The van der Waals surface area contributed by atoms with Gasteiger partial charge in [0, 0.05) is 5.69 Å². The third-order valence-electron chi connectivity index (χ3n) is 3.14. The van der Waals surface area contributed by atoms with Crippen molar-refractivity contribution in [2.75, 3.05) is 11.9 Å². The minimum atomic E-state index is -0.646. The summed E-state index contributed by atoms with van der Waals surface area (Å²) in [5.41, 5.74) is 0.117. The zero-order chi connectivity index (χ0) is 19.9. The standard InChI is InChI=1S/C19H22N2O6/c1-19(2,3)27-18(24)21-14-8-6-13(7-9-14)17(23)26-12-16(22)20-11-15-5-4-10-25-15/h4-10H,11-12H2,1-3H3,(H,20,22)(H,21,24). The van der Waals surface area contributed by atoms with Crippen LogP contribution in [0.15, 0.2) is 47.1 Å². The van der Waals surface area contributed by atoms with Crippen LogP contribution in [0.5, 0.6) is 0 Å². The van der Waals surface area contributed by atoms with E-state index in [0.717, 1.165) is 0 Å². The van der Waals surface area contributed by atoms with Gasteiger partial charge in [-0.2, -0.15) is 0 Å². The molecule has 0 aliphatic carbocycles. The molecule has 144 valence electrons. The highest BCUT2D eigenvalue weighted by atomic mass is 16.6. The van der Waals surface area contributed by atoms with Crippen molar-refractivity contribution in [1.82, 2.24) is 5.32 Å². The Morgan fingerprint density at radius 1 is 1.07 bits per heavy atom. The molecule has 0 aliphatic rings. The molecule has 2 N–H and O–H groups in total. The van der Waals surface area contributed by atoms with E-state index in [1.54, 1.807) is 32.9 Å². The molecule has 0 saturated carbocycles. The third-order valence-corrected chi connectivity index (χ3v) is 3.14. The summed E-state index contributed by atoms with van der Waals surface area (Å²) in [4.78, 5) is 35.3. The number of esters is 1. The summed E-state index contributed by atoms with van der Waals surface area (Å²) in [7, 11) is 0. The Bertz CT molecular complexity index is 776. The van der Waals surface area contributed by atoms with E-state index in [9.17, 15) is 14.4 Å². The first-order valence-corrected chi connectivity index (χ1v) is 8.29. The fourth-order valence-corrected chi connectivity index (χ4v) is 1.98. The maximum atomic E-state index is 12.0. The van der Waals surface area contributed by atoms with Crippen LogP contribution < -0.4 is 10.6 Å². The number of benzene rings is 1. The van der Waals surface area contributed by atoms with Gasteiger partial charge in [0.2, 0.25) is 0 Å². The van der Waals surface area contributed by atoms with Crippen LogP contribution in [0.1, 0.15) is 36.9 Å². The topological polar surface area (TPSA) is 107 Å². The van der Waals surface area contributed by atoms with Crippen molar-refractivity contribution in [2.45, 2.75) is 32.9 Å². The Morgan fingerprint density at radius 2 is 1.78 bits per heavy atom. The predicted octanol–water partition coefficient (Wildman–Crippen LogP) is 3.10. The van der Waals surface area contributed by atoms with E-state index in [4.69, 9.17) is 13.9 Å². The van der Waals surface area contributed by atoms with Gasteiger partial charge in [0.15, 0.2) is 6.61 Å². The van der Waals surface area contributed by atoms with Crippen molar-refractivity contribution in [3.8, 4) is 0 Å². The van der Waals surface area contributed by atoms with Gasteiger partial charge in [0.1, 0.15) is 11.4 Å². The number of furan rings is 1. The summed E-state index contributed by atoms with van der Waals surface area (Å²) in [5.74, 6) is -0.488. The normalized spacial score (nSPS) is 10.8. The lowest BCUT2D eigenvalue weighted by atomic mass is 10.2. The van der Waals surface area contributed by atoms with Crippen molar-refractivity contribution in [3.63, 3.8) is 0 Å². The predicted molar refractivity (Wildman–Crippen MR) is 97.1 cm³/mol. The van der Waals surface area contributed by atoms with E-state index in [1.807, 2.05) is 0 Å². The molecule has 0 unspecified atom stereocenters. The van der Waals surface area contributed by atoms with Gasteiger partial charge in [-0.3, -0.25) is 10.1 Å². The lowest BCUT2D eigenvalue weighted by molar-refractivity contribution is -0.124. The molecular weight excluding hydrogens is 352 g/mol. The molecule has 0 radical (unpaired) electrons. The first-order chi connectivity index (χ1) is 12.7. The largest absolute Gasteiger partial charge is 0.467 e. The zero-order valence-corrected chi connectivity index (χ0v) is 15.4. The number of ether oxygens (including phenoxy) is 2. The molecule has 0 spiro atoms. The van der Waals surface area contributed by atoms with Crippen LogP contribution in [-0.2, 0) is 20.8 Å². The molecule has 1 aromatic carbocycles. The number of hydrogen-bond acceptors (Lipinski definition) is 6. The second-order valence-corrected chi connectivity index (χ2v) is 6.64. The molecule has 0 saturated heterocycles. The highest BCUT2D eigenvalue weighted by Crippen LogP contribution is 2.13. The average Bonchev–Trinajstić information content (AvgIpc) is 3.10. The minimum Gasteiger partial charge on any atom is -0.467 e. The summed E-state index contributed by atoms with van der Waals surface area (Å²) < 4.78 is 15.2. The number of hydrogen-bond donors (Lipinski definition) is 2. The Hall–Kier alpha value is -3.29. The van der Waals surface area contributed by atoms with Crippen LogP contribution in [0.4, 0.5) is 10.5 Å². The van der Waals surface area contributed by atoms with E-state index < -0.39 is 30.2 Å². The average molecular weight is 374 g/mol. The zero-order valence-electron chi connectivity index (χ0n) is 15.4.